The SMILES string of the molecule is CCNC(C)CC(=O)N1CCN(C(=O)N(C)C)CC1. The van der Waals surface area contributed by atoms with Gasteiger partial charge in [-0.1, -0.05) is 6.92 Å². The number of carbonyl (C=O) groups excluding carboxylic acids is 2. The molecule has 6 heteroatoms. The van der Waals surface area contributed by atoms with Gasteiger partial charge in [0.1, 0.15) is 0 Å². The summed E-state index contributed by atoms with van der Waals surface area (Å²) in [5.74, 6) is 0.172. The first-order valence-electron chi connectivity index (χ1n) is 6.93. The van der Waals surface area contributed by atoms with Crippen LogP contribution in [0.1, 0.15) is 20.3 Å². The van der Waals surface area contributed by atoms with Gasteiger partial charge in [-0.15, -0.1) is 0 Å². The van der Waals surface area contributed by atoms with Crippen molar-refractivity contribution >= 4 is 11.9 Å². The Balaban J connectivity index is 2.37. The van der Waals surface area contributed by atoms with E-state index in [0.29, 0.717) is 32.6 Å². The lowest BCUT2D eigenvalue weighted by Gasteiger charge is -2.36. The molecule has 3 amide bonds. The number of piperazine rings is 1. The summed E-state index contributed by atoms with van der Waals surface area (Å²) >= 11 is 0. The molecule has 1 rings (SSSR count). The van der Waals surface area contributed by atoms with Crippen LogP contribution in [-0.4, -0.2) is 79.5 Å². The Morgan fingerprint density at radius 1 is 1.16 bits per heavy atom. The Morgan fingerprint density at radius 2 is 1.68 bits per heavy atom. The first-order valence-corrected chi connectivity index (χ1v) is 6.93. The molecule has 1 aliphatic rings. The third-order valence-electron chi connectivity index (χ3n) is 3.32. The molecule has 1 atom stereocenters. The first-order chi connectivity index (χ1) is 8.95. The number of nitrogens with zero attached hydrogens (tertiary/aromatic N) is 3. The summed E-state index contributed by atoms with van der Waals surface area (Å²) in [7, 11) is 3.50. The van der Waals surface area contributed by atoms with Gasteiger partial charge in [-0.25, -0.2) is 4.79 Å². The van der Waals surface area contributed by atoms with Crippen molar-refractivity contribution in [1.82, 2.24) is 20.0 Å². The van der Waals surface area contributed by atoms with Crippen molar-refractivity contribution in [3.8, 4) is 0 Å². The molecule has 0 radical (unpaired) electrons. The minimum atomic E-state index is 0.0214. The smallest absolute Gasteiger partial charge is 0.319 e. The average molecular weight is 270 g/mol. The zero-order valence-electron chi connectivity index (χ0n) is 12.5. The van der Waals surface area contributed by atoms with E-state index in [4.69, 9.17) is 0 Å². The van der Waals surface area contributed by atoms with Gasteiger partial charge in [0.2, 0.25) is 5.91 Å². The second-order valence-electron chi connectivity index (χ2n) is 5.21. The average Bonchev–Trinajstić information content (AvgIpc) is 2.38. The van der Waals surface area contributed by atoms with E-state index >= 15 is 0 Å². The molecule has 0 aromatic carbocycles. The molecule has 1 unspecified atom stereocenters. The van der Waals surface area contributed by atoms with Crippen LogP contribution in [0.5, 0.6) is 0 Å². The molecular formula is C13H26N4O2. The number of nitrogens with one attached hydrogen (secondary N) is 1. The third-order valence-corrected chi connectivity index (χ3v) is 3.32. The molecule has 1 N–H and O–H groups in total. The molecule has 0 aliphatic carbocycles. The van der Waals surface area contributed by atoms with Crippen LogP contribution >= 0.6 is 0 Å². The summed E-state index contributed by atoms with van der Waals surface area (Å²) in [5.41, 5.74) is 0. The lowest BCUT2D eigenvalue weighted by Crippen LogP contribution is -2.53. The van der Waals surface area contributed by atoms with Crippen molar-refractivity contribution in [2.45, 2.75) is 26.3 Å². The quantitative estimate of drug-likeness (QED) is 0.794. The van der Waals surface area contributed by atoms with Gasteiger partial charge in [-0.3, -0.25) is 4.79 Å². The Morgan fingerprint density at radius 3 is 2.16 bits per heavy atom. The highest BCUT2D eigenvalue weighted by Crippen LogP contribution is 2.07. The summed E-state index contributed by atoms with van der Waals surface area (Å²) in [5, 5.41) is 3.24. The maximum absolute atomic E-state index is 12.1. The van der Waals surface area contributed by atoms with Crippen LogP contribution in [-0.2, 0) is 4.79 Å². The van der Waals surface area contributed by atoms with Gasteiger partial charge in [0, 0.05) is 52.7 Å². The summed E-state index contributed by atoms with van der Waals surface area (Å²) in [6.45, 7) is 7.45. The minimum absolute atomic E-state index is 0.0214. The van der Waals surface area contributed by atoms with E-state index in [-0.39, 0.29) is 18.0 Å². The highest BCUT2D eigenvalue weighted by Gasteiger charge is 2.25. The number of urea groups is 1. The Hall–Kier alpha value is -1.30. The molecule has 0 spiro atoms. The number of hydrogen-bond acceptors (Lipinski definition) is 3. The van der Waals surface area contributed by atoms with E-state index in [1.807, 2.05) is 18.7 Å². The van der Waals surface area contributed by atoms with Gasteiger partial charge < -0.3 is 20.0 Å². The maximum atomic E-state index is 12.1. The molecule has 1 fully saturated rings. The second kappa shape index (κ2) is 7.33. The van der Waals surface area contributed by atoms with Gasteiger partial charge in [-0.05, 0) is 13.5 Å². The van der Waals surface area contributed by atoms with E-state index in [2.05, 4.69) is 5.32 Å². The second-order valence-corrected chi connectivity index (χ2v) is 5.21. The van der Waals surface area contributed by atoms with Crippen molar-refractivity contribution in [2.24, 2.45) is 0 Å². The maximum Gasteiger partial charge on any atom is 0.319 e. The molecule has 0 saturated carbocycles. The van der Waals surface area contributed by atoms with E-state index in [9.17, 15) is 9.59 Å². The van der Waals surface area contributed by atoms with Crippen LogP contribution in [0.4, 0.5) is 4.79 Å². The normalized spacial score (nSPS) is 17.3. The minimum Gasteiger partial charge on any atom is -0.339 e. The summed E-state index contributed by atoms with van der Waals surface area (Å²) in [6.07, 6.45) is 0.523. The van der Waals surface area contributed by atoms with Crippen LogP contribution in [0.2, 0.25) is 0 Å². The molecule has 110 valence electrons. The Kier molecular flexibility index (Phi) is 6.08. The fourth-order valence-electron chi connectivity index (χ4n) is 2.24. The molecule has 0 aromatic heterocycles. The van der Waals surface area contributed by atoms with Gasteiger partial charge in [0.15, 0.2) is 0 Å². The predicted octanol–water partition coefficient (Wildman–Crippen LogP) is 0.200. The molecular weight excluding hydrogens is 244 g/mol. The largest absolute Gasteiger partial charge is 0.339 e. The lowest BCUT2D eigenvalue weighted by molar-refractivity contribution is -0.133. The molecule has 1 heterocycles. The topological polar surface area (TPSA) is 55.9 Å². The van der Waals surface area contributed by atoms with Crippen LogP contribution in [0.25, 0.3) is 0 Å². The van der Waals surface area contributed by atoms with Crippen molar-refractivity contribution in [1.29, 1.82) is 0 Å². The van der Waals surface area contributed by atoms with E-state index in [0.717, 1.165) is 6.54 Å². The monoisotopic (exact) mass is 270 g/mol. The van der Waals surface area contributed by atoms with Gasteiger partial charge in [0.05, 0.1) is 0 Å². The van der Waals surface area contributed by atoms with Gasteiger partial charge in [-0.2, -0.15) is 0 Å². The highest BCUT2D eigenvalue weighted by atomic mass is 16.2. The molecule has 6 nitrogen and oxygen atoms in total. The lowest BCUT2D eigenvalue weighted by atomic mass is 10.2. The van der Waals surface area contributed by atoms with Crippen molar-refractivity contribution < 1.29 is 9.59 Å². The number of amides is 3. The summed E-state index contributed by atoms with van der Waals surface area (Å²) < 4.78 is 0. The van der Waals surface area contributed by atoms with Crippen molar-refractivity contribution in [3.63, 3.8) is 0 Å². The van der Waals surface area contributed by atoms with E-state index in [1.54, 1.807) is 23.9 Å². The van der Waals surface area contributed by atoms with Crippen LogP contribution in [0, 0.1) is 0 Å². The van der Waals surface area contributed by atoms with Crippen LogP contribution in [0.3, 0.4) is 0 Å². The van der Waals surface area contributed by atoms with Crippen LogP contribution < -0.4 is 5.32 Å². The van der Waals surface area contributed by atoms with E-state index < -0.39 is 0 Å². The fraction of sp³-hybridized carbons (Fsp3) is 0.846. The molecule has 0 bridgehead atoms. The highest BCUT2D eigenvalue weighted by molar-refractivity contribution is 5.78. The van der Waals surface area contributed by atoms with E-state index in [1.165, 1.54) is 0 Å². The van der Waals surface area contributed by atoms with Gasteiger partial charge >= 0.3 is 6.03 Å². The number of rotatable bonds is 4. The number of hydrogen-bond donors (Lipinski definition) is 1. The predicted molar refractivity (Wildman–Crippen MR) is 75.0 cm³/mol. The fourth-order valence-corrected chi connectivity index (χ4v) is 2.24. The van der Waals surface area contributed by atoms with Crippen molar-refractivity contribution in [3.05, 3.63) is 0 Å². The zero-order chi connectivity index (χ0) is 14.4. The molecule has 1 saturated heterocycles. The zero-order valence-corrected chi connectivity index (χ0v) is 12.5. The number of carbonyl (C=O) groups is 2. The standard InChI is InChI=1S/C13H26N4O2/c1-5-14-11(2)10-12(18)16-6-8-17(9-7-16)13(19)15(3)4/h11,14H,5-10H2,1-4H3. The first kappa shape index (κ1) is 15.8. The Labute approximate surface area is 115 Å². The van der Waals surface area contributed by atoms with Crippen LogP contribution in [0.15, 0.2) is 0 Å². The van der Waals surface area contributed by atoms with Crippen molar-refractivity contribution in [2.75, 3.05) is 46.8 Å². The third kappa shape index (κ3) is 4.70. The summed E-state index contributed by atoms with van der Waals surface area (Å²) in [4.78, 5) is 29.1. The van der Waals surface area contributed by atoms with Gasteiger partial charge in [0.25, 0.3) is 0 Å². The molecule has 19 heavy (non-hydrogen) atoms. The Bertz CT molecular complexity index is 312. The molecule has 1 aliphatic heterocycles. The summed E-state index contributed by atoms with van der Waals surface area (Å²) in [6, 6.07) is 0.229. The molecule has 0 aromatic rings.